The third-order valence-corrected chi connectivity index (χ3v) is 7.63. The maximum Gasteiger partial charge on any atom is 0.312 e. The molecule has 4 heterocycles. The van der Waals surface area contributed by atoms with Crippen molar-refractivity contribution < 1.29 is 29.0 Å². The van der Waals surface area contributed by atoms with Gasteiger partial charge in [0.1, 0.15) is 17.6 Å². The quantitative estimate of drug-likeness (QED) is 0.507. The lowest BCUT2D eigenvalue weighted by atomic mass is 9.77. The van der Waals surface area contributed by atoms with Gasteiger partial charge in [-0.15, -0.1) is 0 Å². The van der Waals surface area contributed by atoms with Crippen LogP contribution in [0.5, 0.6) is 0 Å². The van der Waals surface area contributed by atoms with E-state index in [0.717, 1.165) is 5.56 Å². The summed E-state index contributed by atoms with van der Waals surface area (Å²) in [5.74, 6) is -2.84. The van der Waals surface area contributed by atoms with Crippen LogP contribution in [0.4, 0.5) is 0 Å². The normalized spacial score (nSPS) is 33.1. The number of aliphatic hydroxyl groups excluding tert-OH is 1. The molecule has 4 aliphatic heterocycles. The Balaban J connectivity index is 1.62. The predicted octanol–water partition coefficient (Wildman–Crippen LogP) is 1.48. The van der Waals surface area contributed by atoms with E-state index in [1.807, 2.05) is 68.5 Å². The zero-order valence-corrected chi connectivity index (χ0v) is 20.1. The minimum atomic E-state index is -1.31. The topological polar surface area (TPSA) is 96.4 Å². The number of cyclic esters (lactones) is 1. The summed E-state index contributed by atoms with van der Waals surface area (Å²) >= 11 is 0. The number of hydrogen-bond donors (Lipinski definition) is 1. The Kier molecular flexibility index (Phi) is 6.27. The molecule has 0 saturated carbocycles. The first-order valence-corrected chi connectivity index (χ1v) is 12.3. The van der Waals surface area contributed by atoms with Gasteiger partial charge in [-0.1, -0.05) is 54.6 Å². The molecule has 186 valence electrons. The smallest absolute Gasteiger partial charge is 0.312 e. The number of carbonyl (C=O) groups is 3. The number of hydrogen-bond acceptors (Lipinski definition) is 6. The number of carbonyl (C=O) groups excluding carboxylic acids is 3. The van der Waals surface area contributed by atoms with Gasteiger partial charge in [-0.3, -0.25) is 14.4 Å². The van der Waals surface area contributed by atoms with Gasteiger partial charge in [0.05, 0.1) is 31.3 Å². The molecule has 1 unspecified atom stereocenters. The Morgan fingerprint density at radius 1 is 1.11 bits per heavy atom. The average Bonchev–Trinajstić information content (AvgIpc) is 3.21. The number of benzene rings is 1. The van der Waals surface area contributed by atoms with E-state index in [1.54, 1.807) is 4.90 Å². The molecule has 0 radical (unpaired) electrons. The van der Waals surface area contributed by atoms with Crippen molar-refractivity contribution in [2.24, 2.45) is 11.8 Å². The van der Waals surface area contributed by atoms with E-state index in [4.69, 9.17) is 9.47 Å². The molecule has 6 atom stereocenters. The van der Waals surface area contributed by atoms with Crippen molar-refractivity contribution in [2.45, 2.75) is 56.5 Å². The Bertz CT molecular complexity index is 1050. The van der Waals surface area contributed by atoms with Crippen molar-refractivity contribution >= 4 is 17.8 Å². The van der Waals surface area contributed by atoms with E-state index >= 15 is 0 Å². The third kappa shape index (κ3) is 3.79. The molecule has 1 spiro atoms. The van der Waals surface area contributed by atoms with Gasteiger partial charge in [-0.2, -0.15) is 0 Å². The fourth-order valence-corrected chi connectivity index (χ4v) is 6.06. The Morgan fingerprint density at radius 2 is 1.89 bits per heavy atom. The summed E-state index contributed by atoms with van der Waals surface area (Å²) in [5, 5.41) is 10.4. The standard InChI is InChI=1S/C27H32N2O6/c1-17(2)28-13-8-12-27-22(21-20(35-27)11-6-7-14-34-26(21)33)24(31)29(23(27)25(28)32)19(16-30)15-18-9-4-3-5-10-18/h3-6,8-12,17,19-23,30H,7,13-16H2,1-2H3/t19-,20+,21-,22+,23?,27+/m1/s1. The number of likely N-dealkylation sites (tertiary alicyclic amines) is 1. The molecule has 2 saturated heterocycles. The van der Waals surface area contributed by atoms with Crippen LogP contribution in [-0.2, 0) is 30.3 Å². The highest BCUT2D eigenvalue weighted by atomic mass is 16.6. The van der Waals surface area contributed by atoms with Gasteiger partial charge in [0.25, 0.3) is 0 Å². The first-order chi connectivity index (χ1) is 16.9. The highest BCUT2D eigenvalue weighted by Crippen LogP contribution is 2.53. The molecule has 5 rings (SSSR count). The highest BCUT2D eigenvalue weighted by Gasteiger charge is 2.72. The molecule has 8 heteroatoms. The molecule has 0 aromatic heterocycles. The molecule has 1 N–H and O–H groups in total. The second-order valence-corrected chi connectivity index (χ2v) is 9.98. The van der Waals surface area contributed by atoms with E-state index in [2.05, 4.69) is 0 Å². The number of nitrogens with zero attached hydrogens (tertiary/aromatic N) is 2. The monoisotopic (exact) mass is 480 g/mol. The molecule has 8 nitrogen and oxygen atoms in total. The predicted molar refractivity (Wildman–Crippen MR) is 127 cm³/mol. The fourth-order valence-electron chi connectivity index (χ4n) is 6.06. The Hall–Kier alpha value is -2.97. The zero-order valence-electron chi connectivity index (χ0n) is 20.1. The molecule has 1 aromatic carbocycles. The van der Waals surface area contributed by atoms with Crippen LogP contribution in [-0.4, -0.2) is 82.3 Å². The van der Waals surface area contributed by atoms with Crippen LogP contribution in [0, 0.1) is 11.8 Å². The number of fused-ring (bicyclic) bond motifs is 2. The summed E-state index contributed by atoms with van der Waals surface area (Å²) in [6, 6.07) is 7.82. The number of amides is 2. The van der Waals surface area contributed by atoms with Crippen LogP contribution in [0.1, 0.15) is 25.8 Å². The van der Waals surface area contributed by atoms with Gasteiger partial charge in [-0.25, -0.2) is 0 Å². The lowest BCUT2D eigenvalue weighted by Crippen LogP contribution is -2.59. The van der Waals surface area contributed by atoms with Crippen LogP contribution in [0.3, 0.4) is 0 Å². The van der Waals surface area contributed by atoms with Crippen LogP contribution in [0.25, 0.3) is 0 Å². The second kappa shape index (κ2) is 9.24. The summed E-state index contributed by atoms with van der Waals surface area (Å²) in [7, 11) is 0. The molecule has 1 aromatic rings. The largest absolute Gasteiger partial charge is 0.465 e. The van der Waals surface area contributed by atoms with E-state index in [1.165, 1.54) is 4.90 Å². The van der Waals surface area contributed by atoms with E-state index in [9.17, 15) is 19.5 Å². The molecule has 2 amide bonds. The van der Waals surface area contributed by atoms with Gasteiger partial charge < -0.3 is 24.4 Å². The molecule has 0 aliphatic carbocycles. The third-order valence-electron chi connectivity index (χ3n) is 7.63. The van der Waals surface area contributed by atoms with E-state index in [-0.39, 0.29) is 31.1 Å². The van der Waals surface area contributed by atoms with Crippen LogP contribution < -0.4 is 0 Å². The van der Waals surface area contributed by atoms with Crippen molar-refractivity contribution in [1.29, 1.82) is 0 Å². The van der Waals surface area contributed by atoms with Crippen molar-refractivity contribution in [2.75, 3.05) is 19.8 Å². The van der Waals surface area contributed by atoms with Gasteiger partial charge in [-0.05, 0) is 32.3 Å². The van der Waals surface area contributed by atoms with Gasteiger partial charge in [0, 0.05) is 12.6 Å². The summed E-state index contributed by atoms with van der Waals surface area (Å²) in [4.78, 5) is 44.5. The van der Waals surface area contributed by atoms with Gasteiger partial charge in [0.2, 0.25) is 11.8 Å². The minimum absolute atomic E-state index is 0.0973. The maximum absolute atomic E-state index is 14.2. The summed E-state index contributed by atoms with van der Waals surface area (Å²) < 4.78 is 12.0. The Morgan fingerprint density at radius 3 is 2.60 bits per heavy atom. The molecule has 0 bridgehead atoms. The summed E-state index contributed by atoms with van der Waals surface area (Å²) in [6.45, 7) is 4.16. The first-order valence-electron chi connectivity index (χ1n) is 12.3. The van der Waals surface area contributed by atoms with Crippen LogP contribution in [0.15, 0.2) is 54.6 Å². The van der Waals surface area contributed by atoms with Crippen molar-refractivity contribution in [1.82, 2.24) is 9.80 Å². The minimum Gasteiger partial charge on any atom is -0.465 e. The molecular formula is C27H32N2O6. The Labute approximate surface area is 205 Å². The molecule has 4 aliphatic rings. The zero-order chi connectivity index (χ0) is 24.7. The fraction of sp³-hybridized carbons (Fsp3) is 0.519. The lowest BCUT2D eigenvalue weighted by molar-refractivity contribution is -0.156. The first kappa shape index (κ1) is 23.8. The number of rotatable bonds is 5. The van der Waals surface area contributed by atoms with Crippen molar-refractivity contribution in [3.63, 3.8) is 0 Å². The maximum atomic E-state index is 14.2. The summed E-state index contributed by atoms with van der Waals surface area (Å²) in [6.07, 6.45) is 7.67. The van der Waals surface area contributed by atoms with Crippen molar-refractivity contribution in [3.05, 3.63) is 60.2 Å². The molecular weight excluding hydrogens is 448 g/mol. The second-order valence-electron chi connectivity index (χ2n) is 9.98. The molecule has 35 heavy (non-hydrogen) atoms. The molecule has 2 fully saturated rings. The van der Waals surface area contributed by atoms with E-state index in [0.29, 0.717) is 19.4 Å². The lowest BCUT2D eigenvalue weighted by Gasteiger charge is -2.39. The van der Waals surface area contributed by atoms with Crippen LogP contribution >= 0.6 is 0 Å². The average molecular weight is 481 g/mol. The van der Waals surface area contributed by atoms with Crippen LogP contribution in [0.2, 0.25) is 0 Å². The number of esters is 1. The summed E-state index contributed by atoms with van der Waals surface area (Å²) in [5.41, 5.74) is -0.375. The highest BCUT2D eigenvalue weighted by molar-refractivity contribution is 5.99. The van der Waals surface area contributed by atoms with Crippen molar-refractivity contribution in [3.8, 4) is 0 Å². The number of aliphatic hydroxyl groups is 1. The van der Waals surface area contributed by atoms with Gasteiger partial charge >= 0.3 is 5.97 Å². The number of ether oxygens (including phenoxy) is 2. The van der Waals surface area contributed by atoms with E-state index < -0.39 is 41.6 Å². The SMILES string of the molecule is CC(C)N1CC=C[C@]23O[C@H]4C=CCCOC(=O)[C@H]4[C@H]2C(=O)N([C@@H](CO)Cc2ccccc2)C3C1=O. The van der Waals surface area contributed by atoms with Gasteiger partial charge in [0.15, 0.2) is 0 Å².